The highest BCUT2D eigenvalue weighted by Gasteiger charge is 2.09. The first-order valence-corrected chi connectivity index (χ1v) is 9.06. The zero-order valence-electron chi connectivity index (χ0n) is 14.7. The summed E-state index contributed by atoms with van der Waals surface area (Å²) in [7, 11) is 0. The molecule has 0 aromatic heterocycles. The van der Waals surface area contributed by atoms with Crippen LogP contribution in [0.5, 0.6) is 5.75 Å². The number of hydrogen-bond donors (Lipinski definition) is 1. The predicted octanol–water partition coefficient (Wildman–Crippen LogP) is 5.93. The van der Waals surface area contributed by atoms with Gasteiger partial charge in [0, 0.05) is 0 Å². The Kier molecular flexibility index (Phi) is 10.2. The Labute approximate surface area is 141 Å². The molecule has 1 N–H and O–H groups in total. The van der Waals surface area contributed by atoms with E-state index in [2.05, 4.69) is 13.8 Å². The smallest absolute Gasteiger partial charge is 0.339 e. The van der Waals surface area contributed by atoms with Crippen LogP contribution in [0.2, 0.25) is 0 Å². The summed E-state index contributed by atoms with van der Waals surface area (Å²) in [6.45, 7) is 5.17. The minimum atomic E-state index is -0.932. The summed E-state index contributed by atoms with van der Waals surface area (Å²) >= 11 is 0. The van der Waals surface area contributed by atoms with Crippen molar-refractivity contribution in [2.24, 2.45) is 5.92 Å². The molecule has 1 aromatic rings. The summed E-state index contributed by atoms with van der Waals surface area (Å²) < 4.78 is 5.60. The highest BCUT2D eigenvalue weighted by molar-refractivity contribution is 5.90. The monoisotopic (exact) mass is 320 g/mol. The van der Waals surface area contributed by atoms with Crippen LogP contribution < -0.4 is 4.74 Å². The van der Waals surface area contributed by atoms with Gasteiger partial charge in [0.2, 0.25) is 0 Å². The summed E-state index contributed by atoms with van der Waals surface area (Å²) in [5.41, 5.74) is 0.244. The van der Waals surface area contributed by atoms with Gasteiger partial charge in [0.25, 0.3) is 0 Å². The summed E-state index contributed by atoms with van der Waals surface area (Å²) in [6, 6.07) is 6.83. The van der Waals surface area contributed by atoms with Crippen molar-refractivity contribution in [3.63, 3.8) is 0 Å². The topological polar surface area (TPSA) is 46.5 Å². The minimum Gasteiger partial charge on any atom is -0.493 e. The number of para-hydroxylation sites is 1. The van der Waals surface area contributed by atoms with E-state index >= 15 is 0 Å². The lowest BCUT2D eigenvalue weighted by Crippen LogP contribution is -2.04. The van der Waals surface area contributed by atoms with Crippen LogP contribution in [0.25, 0.3) is 0 Å². The van der Waals surface area contributed by atoms with Crippen LogP contribution in [0.4, 0.5) is 0 Å². The first-order valence-electron chi connectivity index (χ1n) is 9.06. The molecule has 0 bridgehead atoms. The van der Waals surface area contributed by atoms with E-state index in [4.69, 9.17) is 9.84 Å². The van der Waals surface area contributed by atoms with Crippen LogP contribution in [0.1, 0.15) is 82.0 Å². The minimum absolute atomic E-state index is 0.244. The highest BCUT2D eigenvalue weighted by atomic mass is 16.5. The van der Waals surface area contributed by atoms with Crippen LogP contribution in [-0.2, 0) is 0 Å². The van der Waals surface area contributed by atoms with E-state index in [1.807, 2.05) is 0 Å². The van der Waals surface area contributed by atoms with E-state index in [0.717, 1.165) is 18.8 Å². The largest absolute Gasteiger partial charge is 0.493 e. The van der Waals surface area contributed by atoms with Crippen LogP contribution in [0, 0.1) is 5.92 Å². The zero-order valence-corrected chi connectivity index (χ0v) is 14.7. The van der Waals surface area contributed by atoms with Crippen molar-refractivity contribution in [2.75, 3.05) is 6.61 Å². The Morgan fingerprint density at radius 2 is 1.52 bits per heavy atom. The molecule has 0 saturated carbocycles. The van der Waals surface area contributed by atoms with Crippen LogP contribution in [-0.4, -0.2) is 17.7 Å². The summed E-state index contributed by atoms with van der Waals surface area (Å²) in [5.74, 6) is 0.379. The molecule has 0 amide bonds. The van der Waals surface area contributed by atoms with Gasteiger partial charge in [-0.05, 0) is 24.5 Å². The lowest BCUT2D eigenvalue weighted by atomic mass is 10.0. The quantitative estimate of drug-likeness (QED) is 0.458. The van der Waals surface area contributed by atoms with E-state index in [-0.39, 0.29) is 5.56 Å². The molecule has 130 valence electrons. The number of unbranched alkanes of at least 4 members (excludes halogenated alkanes) is 7. The standard InChI is InChI=1S/C20H32O3/c1-17(2)13-9-7-5-3-4-6-8-12-16-23-19-15-11-10-14-18(19)20(21)22/h10-11,14-15,17H,3-9,12-13,16H2,1-2H3,(H,21,22). The lowest BCUT2D eigenvalue weighted by molar-refractivity contribution is 0.0692. The fourth-order valence-electron chi connectivity index (χ4n) is 2.67. The van der Waals surface area contributed by atoms with Crippen molar-refractivity contribution in [3.8, 4) is 5.75 Å². The second-order valence-electron chi connectivity index (χ2n) is 6.66. The van der Waals surface area contributed by atoms with E-state index in [1.54, 1.807) is 24.3 Å². The summed E-state index contributed by atoms with van der Waals surface area (Å²) in [4.78, 5) is 11.1. The lowest BCUT2D eigenvalue weighted by Gasteiger charge is -2.08. The van der Waals surface area contributed by atoms with Gasteiger partial charge in [0.1, 0.15) is 11.3 Å². The average molecular weight is 320 g/mol. The Bertz CT molecular complexity index is 440. The van der Waals surface area contributed by atoms with Gasteiger partial charge in [-0.1, -0.05) is 77.3 Å². The van der Waals surface area contributed by atoms with Gasteiger partial charge in [-0.15, -0.1) is 0 Å². The summed E-state index contributed by atoms with van der Waals surface area (Å²) in [5, 5.41) is 9.08. The highest BCUT2D eigenvalue weighted by Crippen LogP contribution is 2.18. The maximum absolute atomic E-state index is 11.1. The molecule has 0 aliphatic carbocycles. The molecule has 0 aliphatic rings. The number of carboxylic acid groups (broad SMARTS) is 1. The molecule has 0 radical (unpaired) electrons. The van der Waals surface area contributed by atoms with Crippen molar-refractivity contribution >= 4 is 5.97 Å². The number of aromatic carboxylic acids is 1. The molecule has 3 heteroatoms. The number of benzene rings is 1. The van der Waals surface area contributed by atoms with Gasteiger partial charge in [-0.25, -0.2) is 4.79 Å². The molecule has 0 saturated heterocycles. The van der Waals surface area contributed by atoms with Gasteiger partial charge in [0.05, 0.1) is 6.61 Å². The Morgan fingerprint density at radius 1 is 0.957 bits per heavy atom. The summed E-state index contributed by atoms with van der Waals surface area (Å²) in [6.07, 6.45) is 11.5. The van der Waals surface area contributed by atoms with Crippen molar-refractivity contribution < 1.29 is 14.6 Å². The Balaban J connectivity index is 1.99. The number of hydrogen-bond acceptors (Lipinski definition) is 2. The Morgan fingerprint density at radius 3 is 2.13 bits per heavy atom. The third-order valence-electron chi connectivity index (χ3n) is 4.05. The molecule has 0 fully saturated rings. The fraction of sp³-hybridized carbons (Fsp3) is 0.650. The zero-order chi connectivity index (χ0) is 16.9. The van der Waals surface area contributed by atoms with E-state index in [9.17, 15) is 4.79 Å². The predicted molar refractivity (Wildman–Crippen MR) is 95.3 cm³/mol. The van der Waals surface area contributed by atoms with Gasteiger partial charge in [-0.2, -0.15) is 0 Å². The number of rotatable bonds is 13. The molecule has 3 nitrogen and oxygen atoms in total. The first-order chi connectivity index (χ1) is 11.1. The van der Waals surface area contributed by atoms with Crippen molar-refractivity contribution in [1.82, 2.24) is 0 Å². The van der Waals surface area contributed by atoms with Crippen molar-refractivity contribution in [3.05, 3.63) is 29.8 Å². The molecule has 1 rings (SSSR count). The molecule has 0 heterocycles. The molecule has 1 aromatic carbocycles. The van der Waals surface area contributed by atoms with Gasteiger partial charge < -0.3 is 9.84 Å². The molecule has 0 unspecified atom stereocenters. The third-order valence-corrected chi connectivity index (χ3v) is 4.05. The maximum Gasteiger partial charge on any atom is 0.339 e. The maximum atomic E-state index is 11.1. The number of ether oxygens (including phenoxy) is 1. The van der Waals surface area contributed by atoms with Gasteiger partial charge >= 0.3 is 5.97 Å². The van der Waals surface area contributed by atoms with Crippen LogP contribution in [0.15, 0.2) is 24.3 Å². The number of carboxylic acids is 1. The van der Waals surface area contributed by atoms with Crippen LogP contribution in [0.3, 0.4) is 0 Å². The fourth-order valence-corrected chi connectivity index (χ4v) is 2.67. The first kappa shape index (κ1) is 19.5. The Hall–Kier alpha value is -1.51. The molecule has 0 spiro atoms. The molecule has 0 aliphatic heterocycles. The molecule has 0 atom stereocenters. The molecular formula is C20H32O3. The van der Waals surface area contributed by atoms with Gasteiger partial charge in [0.15, 0.2) is 0 Å². The second kappa shape index (κ2) is 12.0. The number of carbonyl (C=O) groups is 1. The second-order valence-corrected chi connectivity index (χ2v) is 6.66. The van der Waals surface area contributed by atoms with E-state index < -0.39 is 5.97 Å². The van der Waals surface area contributed by atoms with E-state index in [1.165, 1.54) is 44.9 Å². The third kappa shape index (κ3) is 9.27. The van der Waals surface area contributed by atoms with Crippen LogP contribution >= 0.6 is 0 Å². The van der Waals surface area contributed by atoms with Gasteiger partial charge in [-0.3, -0.25) is 0 Å². The average Bonchev–Trinajstić information content (AvgIpc) is 2.52. The SMILES string of the molecule is CC(C)CCCCCCCCCCOc1ccccc1C(=O)O. The van der Waals surface area contributed by atoms with Crippen molar-refractivity contribution in [2.45, 2.75) is 71.6 Å². The molecular weight excluding hydrogens is 288 g/mol. The van der Waals surface area contributed by atoms with Crippen molar-refractivity contribution in [1.29, 1.82) is 0 Å². The molecule has 23 heavy (non-hydrogen) atoms. The van der Waals surface area contributed by atoms with E-state index in [0.29, 0.717) is 12.4 Å². The normalized spacial score (nSPS) is 10.9.